The summed E-state index contributed by atoms with van der Waals surface area (Å²) >= 11 is 5.41. The molecule has 4 nitrogen and oxygen atoms in total. The van der Waals surface area contributed by atoms with Crippen molar-refractivity contribution in [1.29, 1.82) is 0 Å². The molecular weight excluding hydrogens is 304 g/mol. The lowest BCUT2D eigenvalue weighted by Gasteiger charge is -2.13. The van der Waals surface area contributed by atoms with Crippen molar-refractivity contribution >= 4 is 34.1 Å². The van der Waals surface area contributed by atoms with Gasteiger partial charge in [-0.25, -0.2) is 4.98 Å². The van der Waals surface area contributed by atoms with E-state index in [-0.39, 0.29) is 0 Å². The van der Waals surface area contributed by atoms with Crippen LogP contribution in [0.4, 0.5) is 5.69 Å². The zero-order chi connectivity index (χ0) is 16.2. The minimum Gasteiger partial charge on any atom is -0.355 e. The summed E-state index contributed by atoms with van der Waals surface area (Å²) in [4.78, 5) is 4.64. The van der Waals surface area contributed by atoms with E-state index in [9.17, 15) is 0 Å². The number of aromatic nitrogens is 2. The number of para-hydroxylation sites is 3. The van der Waals surface area contributed by atoms with Gasteiger partial charge in [0.05, 0.1) is 17.6 Å². The average molecular weight is 324 g/mol. The van der Waals surface area contributed by atoms with Gasteiger partial charge < -0.3 is 15.2 Å². The monoisotopic (exact) mass is 324 g/mol. The number of aryl methyl sites for hydroxylation is 2. The Balaban J connectivity index is 1.67. The molecule has 0 atom stereocenters. The van der Waals surface area contributed by atoms with Gasteiger partial charge in [0.25, 0.3) is 0 Å². The summed E-state index contributed by atoms with van der Waals surface area (Å²) in [7, 11) is 2.02. The third-order valence-corrected chi connectivity index (χ3v) is 4.18. The van der Waals surface area contributed by atoms with Gasteiger partial charge in [0.2, 0.25) is 0 Å². The Labute approximate surface area is 141 Å². The molecule has 1 heterocycles. The molecule has 118 valence electrons. The highest BCUT2D eigenvalue weighted by Gasteiger charge is 2.08. The first-order valence-electron chi connectivity index (χ1n) is 7.72. The van der Waals surface area contributed by atoms with Crippen LogP contribution in [0, 0.1) is 0 Å². The SMILES string of the molecule is CCc1ccccc1NC(=S)NCc1nc2ccccc2n1C. The van der Waals surface area contributed by atoms with Crippen LogP contribution >= 0.6 is 12.2 Å². The Hall–Kier alpha value is -2.40. The van der Waals surface area contributed by atoms with E-state index >= 15 is 0 Å². The van der Waals surface area contributed by atoms with E-state index in [1.807, 2.05) is 43.4 Å². The molecule has 0 amide bonds. The molecule has 0 radical (unpaired) electrons. The molecular formula is C18H20N4S. The van der Waals surface area contributed by atoms with Crippen LogP contribution in [0.25, 0.3) is 11.0 Å². The molecule has 0 saturated carbocycles. The van der Waals surface area contributed by atoms with Crippen molar-refractivity contribution in [1.82, 2.24) is 14.9 Å². The Morgan fingerprint density at radius 2 is 1.87 bits per heavy atom. The van der Waals surface area contributed by atoms with E-state index in [1.165, 1.54) is 5.56 Å². The van der Waals surface area contributed by atoms with Gasteiger partial charge in [-0.1, -0.05) is 37.3 Å². The molecule has 0 saturated heterocycles. The minimum absolute atomic E-state index is 0.589. The maximum atomic E-state index is 5.41. The fraction of sp³-hybridized carbons (Fsp3) is 0.222. The zero-order valence-corrected chi connectivity index (χ0v) is 14.2. The summed E-state index contributed by atoms with van der Waals surface area (Å²) in [6.45, 7) is 2.72. The van der Waals surface area contributed by atoms with Crippen LogP contribution in [-0.2, 0) is 20.0 Å². The Kier molecular flexibility index (Phi) is 4.57. The third-order valence-electron chi connectivity index (χ3n) is 3.93. The van der Waals surface area contributed by atoms with E-state index in [4.69, 9.17) is 12.2 Å². The largest absolute Gasteiger partial charge is 0.355 e. The fourth-order valence-electron chi connectivity index (χ4n) is 2.63. The molecule has 5 heteroatoms. The number of rotatable bonds is 4. The first kappa shape index (κ1) is 15.5. The topological polar surface area (TPSA) is 41.9 Å². The van der Waals surface area contributed by atoms with E-state index in [0.717, 1.165) is 29.0 Å². The van der Waals surface area contributed by atoms with Gasteiger partial charge in [-0.05, 0) is 42.4 Å². The van der Waals surface area contributed by atoms with Crippen LogP contribution in [0.2, 0.25) is 0 Å². The van der Waals surface area contributed by atoms with Gasteiger partial charge in [0.15, 0.2) is 5.11 Å². The van der Waals surface area contributed by atoms with Crippen molar-refractivity contribution in [3.05, 3.63) is 59.9 Å². The van der Waals surface area contributed by atoms with Gasteiger partial charge in [-0.15, -0.1) is 0 Å². The smallest absolute Gasteiger partial charge is 0.171 e. The van der Waals surface area contributed by atoms with E-state index in [2.05, 4.69) is 39.2 Å². The molecule has 0 aliphatic carbocycles. The zero-order valence-electron chi connectivity index (χ0n) is 13.3. The first-order chi connectivity index (χ1) is 11.2. The molecule has 3 aromatic rings. The molecule has 0 unspecified atom stereocenters. The van der Waals surface area contributed by atoms with Gasteiger partial charge in [-0.2, -0.15) is 0 Å². The minimum atomic E-state index is 0.589. The van der Waals surface area contributed by atoms with Crippen LogP contribution in [0.1, 0.15) is 18.3 Å². The molecule has 0 fully saturated rings. The van der Waals surface area contributed by atoms with Gasteiger partial charge in [0.1, 0.15) is 5.82 Å². The second-order valence-corrected chi connectivity index (χ2v) is 5.80. The molecule has 0 aliphatic rings. The van der Waals surface area contributed by atoms with E-state index in [0.29, 0.717) is 11.7 Å². The lowest BCUT2D eigenvalue weighted by molar-refractivity contribution is 0.768. The number of anilines is 1. The molecule has 2 N–H and O–H groups in total. The normalized spacial score (nSPS) is 10.7. The third kappa shape index (κ3) is 3.35. The molecule has 0 bridgehead atoms. The number of imidazole rings is 1. The predicted molar refractivity (Wildman–Crippen MR) is 99.6 cm³/mol. The Morgan fingerprint density at radius 3 is 2.65 bits per heavy atom. The summed E-state index contributed by atoms with van der Waals surface area (Å²) in [5.74, 6) is 0.958. The van der Waals surface area contributed by atoms with Crippen LogP contribution in [-0.4, -0.2) is 14.7 Å². The maximum absolute atomic E-state index is 5.41. The lowest BCUT2D eigenvalue weighted by Crippen LogP contribution is -2.29. The van der Waals surface area contributed by atoms with Crippen molar-refractivity contribution in [2.24, 2.45) is 7.05 Å². The van der Waals surface area contributed by atoms with Gasteiger partial charge in [0, 0.05) is 12.7 Å². The van der Waals surface area contributed by atoms with Crippen LogP contribution < -0.4 is 10.6 Å². The van der Waals surface area contributed by atoms with E-state index in [1.54, 1.807) is 0 Å². The van der Waals surface area contributed by atoms with Gasteiger partial charge >= 0.3 is 0 Å². The standard InChI is InChI=1S/C18H20N4S/c1-3-13-8-4-5-9-14(13)21-18(23)19-12-17-20-15-10-6-7-11-16(15)22(17)2/h4-11H,3,12H2,1-2H3,(H2,19,21,23). The number of nitrogens with one attached hydrogen (secondary N) is 2. The van der Waals surface area contributed by atoms with Crippen LogP contribution in [0.15, 0.2) is 48.5 Å². The summed E-state index contributed by atoms with van der Waals surface area (Å²) < 4.78 is 2.09. The van der Waals surface area contributed by atoms with Crippen LogP contribution in [0.5, 0.6) is 0 Å². The molecule has 0 spiro atoms. The summed E-state index contributed by atoms with van der Waals surface area (Å²) in [6, 6.07) is 16.3. The highest BCUT2D eigenvalue weighted by molar-refractivity contribution is 7.80. The Morgan fingerprint density at radius 1 is 1.13 bits per heavy atom. The Bertz CT molecular complexity index is 838. The second kappa shape index (κ2) is 6.79. The number of thiocarbonyl (C=S) groups is 1. The first-order valence-corrected chi connectivity index (χ1v) is 8.13. The second-order valence-electron chi connectivity index (χ2n) is 5.39. The quantitative estimate of drug-likeness (QED) is 0.719. The summed E-state index contributed by atoms with van der Waals surface area (Å²) in [5, 5.41) is 7.11. The maximum Gasteiger partial charge on any atom is 0.171 e. The van der Waals surface area contributed by atoms with Crippen molar-refractivity contribution in [3.8, 4) is 0 Å². The number of hydrogen-bond acceptors (Lipinski definition) is 2. The summed E-state index contributed by atoms with van der Waals surface area (Å²) in [5.41, 5.74) is 4.43. The fourth-order valence-corrected chi connectivity index (χ4v) is 2.81. The molecule has 3 rings (SSSR count). The number of nitrogens with zero attached hydrogens (tertiary/aromatic N) is 2. The van der Waals surface area contributed by atoms with E-state index < -0.39 is 0 Å². The van der Waals surface area contributed by atoms with Crippen LogP contribution in [0.3, 0.4) is 0 Å². The van der Waals surface area contributed by atoms with Crippen molar-refractivity contribution in [2.75, 3.05) is 5.32 Å². The average Bonchev–Trinajstić information content (AvgIpc) is 2.90. The van der Waals surface area contributed by atoms with Crippen molar-refractivity contribution in [2.45, 2.75) is 19.9 Å². The summed E-state index contributed by atoms with van der Waals surface area (Å²) in [6.07, 6.45) is 0.969. The predicted octanol–water partition coefficient (Wildman–Crippen LogP) is 3.62. The lowest BCUT2D eigenvalue weighted by atomic mass is 10.1. The molecule has 1 aromatic heterocycles. The van der Waals surface area contributed by atoms with Crippen molar-refractivity contribution < 1.29 is 0 Å². The van der Waals surface area contributed by atoms with Gasteiger partial charge in [-0.3, -0.25) is 0 Å². The number of fused-ring (bicyclic) bond motifs is 1. The number of hydrogen-bond donors (Lipinski definition) is 2. The molecule has 0 aliphatic heterocycles. The highest BCUT2D eigenvalue weighted by Crippen LogP contribution is 2.16. The van der Waals surface area contributed by atoms with Crippen molar-refractivity contribution in [3.63, 3.8) is 0 Å². The molecule has 2 aromatic carbocycles. The number of benzene rings is 2. The highest BCUT2D eigenvalue weighted by atomic mass is 32.1. The molecule has 23 heavy (non-hydrogen) atoms.